The van der Waals surface area contributed by atoms with E-state index in [4.69, 9.17) is 0 Å². The molecular weight excluding hydrogens is 128 g/mol. The topological polar surface area (TPSA) is 34.1 Å². The van der Waals surface area contributed by atoms with E-state index in [2.05, 4.69) is 6.58 Å². The van der Waals surface area contributed by atoms with Crippen molar-refractivity contribution in [3.63, 3.8) is 0 Å². The summed E-state index contributed by atoms with van der Waals surface area (Å²) in [5, 5.41) is 0. The zero-order valence-electron chi connectivity index (χ0n) is 5.80. The van der Waals surface area contributed by atoms with Crippen LogP contribution in [0.3, 0.4) is 0 Å². The quantitative estimate of drug-likeness (QED) is 0.423. The highest BCUT2D eigenvalue weighted by atomic mass is 16.2. The fourth-order valence-corrected chi connectivity index (χ4v) is 1.21. The summed E-state index contributed by atoms with van der Waals surface area (Å²) in [7, 11) is 0. The largest absolute Gasteiger partial charge is 0.291 e. The second-order valence-electron chi connectivity index (χ2n) is 2.55. The van der Waals surface area contributed by atoms with Crippen molar-refractivity contribution in [2.24, 2.45) is 5.92 Å². The average molecular weight is 138 g/mol. The lowest BCUT2D eigenvalue weighted by atomic mass is 10.0. The van der Waals surface area contributed by atoms with Crippen LogP contribution in [0, 0.1) is 5.92 Å². The Morgan fingerprint density at radius 1 is 1.60 bits per heavy atom. The van der Waals surface area contributed by atoms with E-state index < -0.39 is 0 Å². The molecule has 0 aromatic carbocycles. The summed E-state index contributed by atoms with van der Waals surface area (Å²) in [5.74, 6) is -0.447. The summed E-state index contributed by atoms with van der Waals surface area (Å²) in [4.78, 5) is 21.6. The normalized spacial score (nSPS) is 25.4. The first kappa shape index (κ1) is 7.19. The highest BCUT2D eigenvalue weighted by Gasteiger charge is 2.30. The number of hydrogen-bond donors (Lipinski definition) is 0. The van der Waals surface area contributed by atoms with E-state index in [0.717, 1.165) is 6.42 Å². The fourth-order valence-electron chi connectivity index (χ4n) is 1.21. The molecule has 2 nitrogen and oxygen atoms in total. The number of allylic oxidation sites excluding steroid dienone is 1. The molecular formula is C8H10O2. The van der Waals surface area contributed by atoms with Gasteiger partial charge in [0.15, 0.2) is 5.78 Å². The molecule has 0 amide bonds. The standard InChI is InChI=1S/C8H10O2/c1-2-3-6-4-5-7(9)8(6)10/h2,6H,1,3-5H2. The Balaban J connectivity index is 2.57. The van der Waals surface area contributed by atoms with Crippen LogP contribution in [-0.4, -0.2) is 11.6 Å². The van der Waals surface area contributed by atoms with E-state index in [0.29, 0.717) is 12.8 Å². The lowest BCUT2D eigenvalue weighted by Gasteiger charge is -1.98. The minimum atomic E-state index is -0.202. The molecule has 1 aliphatic rings. The number of carbonyl (C=O) groups is 2. The molecule has 0 radical (unpaired) electrons. The minimum absolute atomic E-state index is 0.0509. The molecule has 0 bridgehead atoms. The minimum Gasteiger partial charge on any atom is -0.291 e. The van der Waals surface area contributed by atoms with Crippen LogP contribution in [-0.2, 0) is 9.59 Å². The molecule has 0 spiro atoms. The Labute approximate surface area is 59.9 Å². The molecule has 0 heterocycles. The monoisotopic (exact) mass is 138 g/mol. The Bertz CT molecular complexity index is 182. The molecule has 0 aromatic heterocycles. The third kappa shape index (κ3) is 1.15. The Morgan fingerprint density at radius 2 is 2.30 bits per heavy atom. The summed E-state index contributed by atoms with van der Waals surface area (Å²) < 4.78 is 0. The van der Waals surface area contributed by atoms with Crippen LogP contribution in [0.1, 0.15) is 19.3 Å². The van der Waals surface area contributed by atoms with Crippen molar-refractivity contribution in [1.29, 1.82) is 0 Å². The highest BCUT2D eigenvalue weighted by molar-refractivity contribution is 6.39. The van der Waals surface area contributed by atoms with Crippen LogP contribution in [0.2, 0.25) is 0 Å². The Kier molecular flexibility index (Phi) is 2.00. The van der Waals surface area contributed by atoms with Gasteiger partial charge in [-0.3, -0.25) is 9.59 Å². The van der Waals surface area contributed by atoms with Crippen molar-refractivity contribution in [3.05, 3.63) is 12.7 Å². The Morgan fingerprint density at radius 3 is 2.70 bits per heavy atom. The van der Waals surface area contributed by atoms with Gasteiger partial charge in [-0.1, -0.05) is 6.08 Å². The molecule has 0 N–H and O–H groups in total. The van der Waals surface area contributed by atoms with Crippen LogP contribution in [0.4, 0.5) is 0 Å². The first-order valence-electron chi connectivity index (χ1n) is 3.43. The zero-order chi connectivity index (χ0) is 7.56. The van der Waals surface area contributed by atoms with Crippen molar-refractivity contribution in [2.75, 3.05) is 0 Å². The van der Waals surface area contributed by atoms with Gasteiger partial charge in [0.05, 0.1) is 0 Å². The van der Waals surface area contributed by atoms with Gasteiger partial charge in [-0.05, 0) is 12.8 Å². The number of rotatable bonds is 2. The van der Waals surface area contributed by atoms with Crippen LogP contribution in [0.15, 0.2) is 12.7 Å². The SMILES string of the molecule is C=CCC1CCC(=O)C1=O. The molecule has 2 heteroatoms. The van der Waals surface area contributed by atoms with Crippen LogP contribution >= 0.6 is 0 Å². The molecule has 10 heavy (non-hydrogen) atoms. The van der Waals surface area contributed by atoms with Gasteiger partial charge in [-0.15, -0.1) is 6.58 Å². The second kappa shape index (κ2) is 2.78. The van der Waals surface area contributed by atoms with E-state index in [9.17, 15) is 9.59 Å². The molecule has 1 unspecified atom stereocenters. The number of ketones is 2. The van der Waals surface area contributed by atoms with E-state index in [1.807, 2.05) is 0 Å². The third-order valence-electron chi connectivity index (χ3n) is 1.82. The smallest absolute Gasteiger partial charge is 0.201 e. The maximum absolute atomic E-state index is 10.9. The van der Waals surface area contributed by atoms with Crippen LogP contribution in [0.25, 0.3) is 0 Å². The van der Waals surface area contributed by atoms with E-state index in [1.54, 1.807) is 6.08 Å². The van der Waals surface area contributed by atoms with Gasteiger partial charge in [-0.2, -0.15) is 0 Å². The third-order valence-corrected chi connectivity index (χ3v) is 1.82. The predicted molar refractivity (Wildman–Crippen MR) is 37.6 cm³/mol. The van der Waals surface area contributed by atoms with Crippen molar-refractivity contribution in [2.45, 2.75) is 19.3 Å². The van der Waals surface area contributed by atoms with Crippen molar-refractivity contribution >= 4 is 11.6 Å². The van der Waals surface area contributed by atoms with Gasteiger partial charge in [0.2, 0.25) is 5.78 Å². The van der Waals surface area contributed by atoms with E-state index in [-0.39, 0.29) is 17.5 Å². The first-order chi connectivity index (χ1) is 4.75. The highest BCUT2D eigenvalue weighted by Crippen LogP contribution is 2.21. The Hall–Kier alpha value is -0.920. The fraction of sp³-hybridized carbons (Fsp3) is 0.500. The van der Waals surface area contributed by atoms with Gasteiger partial charge in [0.1, 0.15) is 0 Å². The first-order valence-corrected chi connectivity index (χ1v) is 3.43. The summed E-state index contributed by atoms with van der Waals surface area (Å²) in [6.07, 6.45) is 3.52. The van der Waals surface area contributed by atoms with Crippen molar-refractivity contribution < 1.29 is 9.59 Å². The molecule has 1 saturated carbocycles. The van der Waals surface area contributed by atoms with Gasteiger partial charge in [0, 0.05) is 12.3 Å². The van der Waals surface area contributed by atoms with E-state index >= 15 is 0 Å². The number of carbonyl (C=O) groups excluding carboxylic acids is 2. The maximum Gasteiger partial charge on any atom is 0.201 e. The molecule has 1 atom stereocenters. The number of Topliss-reactive ketones (excluding diaryl/α,β-unsaturated/α-hetero) is 2. The molecule has 0 aliphatic heterocycles. The average Bonchev–Trinajstić information content (AvgIpc) is 2.20. The predicted octanol–water partition coefficient (Wildman–Crippen LogP) is 1.11. The summed E-state index contributed by atoms with van der Waals surface area (Å²) in [5.41, 5.74) is 0. The number of hydrogen-bond acceptors (Lipinski definition) is 2. The van der Waals surface area contributed by atoms with Gasteiger partial charge < -0.3 is 0 Å². The van der Waals surface area contributed by atoms with Crippen molar-refractivity contribution in [3.8, 4) is 0 Å². The van der Waals surface area contributed by atoms with Crippen molar-refractivity contribution in [1.82, 2.24) is 0 Å². The lowest BCUT2D eigenvalue weighted by molar-refractivity contribution is -0.135. The van der Waals surface area contributed by atoms with Crippen LogP contribution in [0.5, 0.6) is 0 Å². The molecule has 54 valence electrons. The maximum atomic E-state index is 10.9. The molecule has 0 aromatic rings. The second-order valence-corrected chi connectivity index (χ2v) is 2.55. The lowest BCUT2D eigenvalue weighted by Crippen LogP contribution is -2.12. The molecule has 1 fully saturated rings. The van der Waals surface area contributed by atoms with Gasteiger partial charge >= 0.3 is 0 Å². The molecule has 1 rings (SSSR count). The summed E-state index contributed by atoms with van der Waals surface area (Å²) in [6, 6.07) is 0. The summed E-state index contributed by atoms with van der Waals surface area (Å²) >= 11 is 0. The van der Waals surface area contributed by atoms with Crippen LogP contribution < -0.4 is 0 Å². The summed E-state index contributed by atoms with van der Waals surface area (Å²) in [6.45, 7) is 3.52. The van der Waals surface area contributed by atoms with E-state index in [1.165, 1.54) is 0 Å². The molecule has 0 saturated heterocycles. The van der Waals surface area contributed by atoms with Gasteiger partial charge in [0.25, 0.3) is 0 Å². The zero-order valence-corrected chi connectivity index (χ0v) is 5.80. The molecule has 1 aliphatic carbocycles. The van der Waals surface area contributed by atoms with Gasteiger partial charge in [-0.25, -0.2) is 0 Å².